The van der Waals surface area contributed by atoms with Crippen LogP contribution in [0.15, 0.2) is 24.3 Å². The molecule has 0 radical (unpaired) electrons. The first kappa shape index (κ1) is 17.9. The van der Waals surface area contributed by atoms with Crippen molar-refractivity contribution in [3.05, 3.63) is 35.4 Å². The molecule has 1 fully saturated rings. The maximum absolute atomic E-state index is 13.0. The Morgan fingerprint density at radius 3 is 2.74 bits per heavy atom. The highest BCUT2D eigenvalue weighted by molar-refractivity contribution is 7.99. The smallest absolute Gasteiger partial charge is 0.387 e. The van der Waals surface area contributed by atoms with Gasteiger partial charge in [0.25, 0.3) is 0 Å². The van der Waals surface area contributed by atoms with E-state index in [0.717, 1.165) is 11.8 Å². The van der Waals surface area contributed by atoms with Crippen LogP contribution in [-0.4, -0.2) is 34.8 Å². The predicted octanol–water partition coefficient (Wildman–Crippen LogP) is 2.93. The Labute approximate surface area is 136 Å². The molecule has 0 unspecified atom stereocenters. The van der Waals surface area contributed by atoms with E-state index in [1.807, 2.05) is 0 Å². The molecule has 0 spiro atoms. The lowest BCUT2D eigenvalue weighted by Gasteiger charge is -2.23. The molecule has 2 rings (SSSR count). The summed E-state index contributed by atoms with van der Waals surface area (Å²) < 4.78 is 39.0. The molecule has 2 atom stereocenters. The minimum absolute atomic E-state index is 0.00489. The van der Waals surface area contributed by atoms with Crippen LogP contribution in [0.4, 0.5) is 18.0 Å². The van der Waals surface area contributed by atoms with Crippen LogP contribution in [0.25, 0.3) is 0 Å². The Hall–Kier alpha value is -1.41. The minimum atomic E-state index is -4.47. The Morgan fingerprint density at radius 2 is 2.13 bits per heavy atom. The van der Waals surface area contributed by atoms with Crippen molar-refractivity contribution in [2.75, 3.05) is 18.1 Å². The van der Waals surface area contributed by atoms with Gasteiger partial charge >= 0.3 is 12.2 Å². The van der Waals surface area contributed by atoms with Crippen molar-refractivity contribution in [3.63, 3.8) is 0 Å². The Kier molecular flexibility index (Phi) is 5.46. The third kappa shape index (κ3) is 4.78. The number of carbonyl (C=O) groups excluding carboxylic acids is 1. The van der Waals surface area contributed by atoms with Crippen molar-refractivity contribution < 1.29 is 23.1 Å². The van der Waals surface area contributed by atoms with E-state index in [0.29, 0.717) is 12.2 Å². The summed E-state index contributed by atoms with van der Waals surface area (Å²) >= 11 is 1.60. The van der Waals surface area contributed by atoms with Crippen molar-refractivity contribution in [3.8, 4) is 0 Å². The number of alkyl halides is 3. The molecule has 1 aliphatic heterocycles. The van der Waals surface area contributed by atoms with Crippen LogP contribution in [0, 0.1) is 0 Å². The SMILES string of the molecule is C[C@H](NC(=O)NC[C@@]1(O)CCSC1)c1ccccc1C(F)(F)F. The van der Waals surface area contributed by atoms with Crippen LogP contribution in [0.1, 0.15) is 30.5 Å². The van der Waals surface area contributed by atoms with E-state index in [2.05, 4.69) is 10.6 Å². The predicted molar refractivity (Wildman–Crippen MR) is 83.3 cm³/mol. The third-order valence-corrected chi connectivity index (χ3v) is 4.98. The second-order valence-corrected chi connectivity index (χ2v) is 6.77. The number of hydrogen-bond acceptors (Lipinski definition) is 3. The molecule has 4 nitrogen and oxygen atoms in total. The van der Waals surface area contributed by atoms with Gasteiger partial charge in [0, 0.05) is 12.3 Å². The summed E-state index contributed by atoms with van der Waals surface area (Å²) in [5.41, 5.74) is -1.70. The largest absolute Gasteiger partial charge is 0.416 e. The highest BCUT2D eigenvalue weighted by atomic mass is 32.2. The van der Waals surface area contributed by atoms with Crippen molar-refractivity contribution in [1.29, 1.82) is 0 Å². The number of rotatable bonds is 4. The number of hydrogen-bond donors (Lipinski definition) is 3. The highest BCUT2D eigenvalue weighted by Crippen LogP contribution is 2.34. The summed E-state index contributed by atoms with van der Waals surface area (Å²) in [6, 6.07) is 3.74. The molecule has 1 aliphatic rings. The molecular weight excluding hydrogens is 329 g/mol. The summed E-state index contributed by atoms with van der Waals surface area (Å²) in [5, 5.41) is 15.1. The third-order valence-electron chi connectivity index (χ3n) is 3.74. The van der Waals surface area contributed by atoms with Gasteiger partial charge in [-0.2, -0.15) is 24.9 Å². The molecule has 2 amide bonds. The number of aliphatic hydroxyl groups is 1. The van der Waals surface area contributed by atoms with Gasteiger partial charge in [0.15, 0.2) is 0 Å². The minimum Gasteiger partial charge on any atom is -0.387 e. The topological polar surface area (TPSA) is 61.4 Å². The first-order chi connectivity index (χ1) is 10.7. The second-order valence-electron chi connectivity index (χ2n) is 5.66. The van der Waals surface area contributed by atoms with E-state index in [4.69, 9.17) is 0 Å². The fourth-order valence-electron chi connectivity index (χ4n) is 2.44. The fourth-order valence-corrected chi connectivity index (χ4v) is 3.73. The van der Waals surface area contributed by atoms with Gasteiger partial charge in [-0.1, -0.05) is 18.2 Å². The second kappa shape index (κ2) is 7.00. The number of amides is 2. The van der Waals surface area contributed by atoms with Crippen molar-refractivity contribution in [2.45, 2.75) is 31.2 Å². The van der Waals surface area contributed by atoms with E-state index in [1.54, 1.807) is 11.8 Å². The average molecular weight is 348 g/mol. The Bertz CT molecular complexity index is 560. The summed E-state index contributed by atoms with van der Waals surface area (Å²) in [6.45, 7) is 1.57. The van der Waals surface area contributed by atoms with Crippen molar-refractivity contribution >= 4 is 17.8 Å². The number of nitrogens with one attached hydrogen (secondary N) is 2. The summed E-state index contributed by atoms with van der Waals surface area (Å²) in [7, 11) is 0. The van der Waals surface area contributed by atoms with Gasteiger partial charge in [0.2, 0.25) is 0 Å². The van der Waals surface area contributed by atoms with Gasteiger partial charge < -0.3 is 15.7 Å². The van der Waals surface area contributed by atoms with Gasteiger partial charge in [-0.05, 0) is 30.7 Å². The molecule has 1 aromatic rings. The van der Waals surface area contributed by atoms with Crippen LogP contribution < -0.4 is 10.6 Å². The van der Waals surface area contributed by atoms with E-state index in [9.17, 15) is 23.1 Å². The van der Waals surface area contributed by atoms with E-state index >= 15 is 0 Å². The molecule has 23 heavy (non-hydrogen) atoms. The van der Waals surface area contributed by atoms with Crippen LogP contribution >= 0.6 is 11.8 Å². The van der Waals surface area contributed by atoms with Gasteiger partial charge in [-0.3, -0.25) is 0 Å². The summed E-state index contributed by atoms with van der Waals surface area (Å²) in [6.07, 6.45) is -3.89. The highest BCUT2D eigenvalue weighted by Gasteiger charge is 2.35. The monoisotopic (exact) mass is 348 g/mol. The zero-order chi connectivity index (χ0) is 17.1. The number of carbonyl (C=O) groups is 1. The Morgan fingerprint density at radius 1 is 1.43 bits per heavy atom. The standard InChI is InChI=1S/C15H19F3N2O2S/c1-10(11-4-2-3-5-12(11)15(16,17)18)20-13(21)19-8-14(22)6-7-23-9-14/h2-5,10,22H,6-9H2,1H3,(H2,19,20,21)/t10-,14-/m0/s1. The fraction of sp³-hybridized carbons (Fsp3) is 0.533. The van der Waals surface area contributed by atoms with E-state index in [1.165, 1.54) is 25.1 Å². The molecule has 0 bridgehead atoms. The Balaban J connectivity index is 1.96. The molecular formula is C15H19F3N2O2S. The summed E-state index contributed by atoms with van der Waals surface area (Å²) in [5.74, 6) is 1.37. The van der Waals surface area contributed by atoms with Crippen LogP contribution in [0.3, 0.4) is 0 Å². The van der Waals surface area contributed by atoms with Crippen molar-refractivity contribution in [2.24, 2.45) is 0 Å². The maximum atomic E-state index is 13.0. The normalized spacial score (nSPS) is 22.7. The van der Waals surface area contributed by atoms with Crippen LogP contribution in [0.2, 0.25) is 0 Å². The van der Waals surface area contributed by atoms with Crippen molar-refractivity contribution in [1.82, 2.24) is 10.6 Å². The van der Waals surface area contributed by atoms with Gasteiger partial charge in [-0.25, -0.2) is 4.79 Å². The number of thioether (sulfide) groups is 1. The molecule has 1 heterocycles. The number of halogens is 3. The molecule has 0 aromatic heterocycles. The lowest BCUT2D eigenvalue weighted by atomic mass is 10.0. The molecule has 1 saturated heterocycles. The van der Waals surface area contributed by atoms with Gasteiger partial charge in [-0.15, -0.1) is 0 Å². The average Bonchev–Trinajstić information content (AvgIpc) is 2.92. The molecule has 0 aliphatic carbocycles. The van der Waals surface area contributed by atoms with E-state index in [-0.39, 0.29) is 12.1 Å². The molecule has 128 valence electrons. The lowest BCUT2D eigenvalue weighted by Crippen LogP contribution is -2.47. The quantitative estimate of drug-likeness (QED) is 0.784. The van der Waals surface area contributed by atoms with Crippen LogP contribution in [0.5, 0.6) is 0 Å². The maximum Gasteiger partial charge on any atom is 0.416 e. The summed E-state index contributed by atoms with van der Waals surface area (Å²) in [4.78, 5) is 11.9. The molecule has 0 saturated carbocycles. The van der Waals surface area contributed by atoms with Gasteiger partial charge in [0.1, 0.15) is 0 Å². The molecule has 1 aromatic carbocycles. The lowest BCUT2D eigenvalue weighted by molar-refractivity contribution is -0.138. The first-order valence-electron chi connectivity index (χ1n) is 7.22. The zero-order valence-electron chi connectivity index (χ0n) is 12.6. The zero-order valence-corrected chi connectivity index (χ0v) is 13.4. The molecule has 3 N–H and O–H groups in total. The first-order valence-corrected chi connectivity index (χ1v) is 8.37. The van der Waals surface area contributed by atoms with Gasteiger partial charge in [0.05, 0.1) is 17.2 Å². The number of benzene rings is 1. The van der Waals surface area contributed by atoms with E-state index < -0.39 is 29.4 Å². The number of urea groups is 1. The van der Waals surface area contributed by atoms with Crippen LogP contribution in [-0.2, 0) is 6.18 Å². The molecule has 8 heteroatoms.